The SMILES string of the molecule is Cn1cc(NC(=O)CN2C[C@H]3C[C@@H](Oc4ccc5c(c4)OCO5)[C@H](O)C[C@H]3C2)cn1. The molecule has 2 N–H and O–H groups in total. The molecule has 3 heterocycles. The van der Waals surface area contributed by atoms with Crippen LogP contribution < -0.4 is 19.5 Å². The number of amides is 1. The number of rotatable bonds is 5. The summed E-state index contributed by atoms with van der Waals surface area (Å²) in [6.45, 7) is 2.21. The fourth-order valence-corrected chi connectivity index (χ4v) is 4.76. The summed E-state index contributed by atoms with van der Waals surface area (Å²) in [4.78, 5) is 14.5. The monoisotopic (exact) mass is 414 g/mol. The van der Waals surface area contributed by atoms with Gasteiger partial charge in [-0.15, -0.1) is 0 Å². The van der Waals surface area contributed by atoms with Crippen molar-refractivity contribution in [2.24, 2.45) is 18.9 Å². The molecule has 9 nitrogen and oxygen atoms in total. The highest BCUT2D eigenvalue weighted by molar-refractivity contribution is 5.92. The molecule has 1 aliphatic carbocycles. The number of aliphatic hydroxyl groups is 1. The fourth-order valence-electron chi connectivity index (χ4n) is 4.76. The first-order valence-electron chi connectivity index (χ1n) is 10.3. The summed E-state index contributed by atoms with van der Waals surface area (Å²) in [5, 5.41) is 17.6. The van der Waals surface area contributed by atoms with Gasteiger partial charge < -0.3 is 24.6 Å². The maximum atomic E-state index is 12.4. The predicted octanol–water partition coefficient (Wildman–Crippen LogP) is 1.24. The van der Waals surface area contributed by atoms with Crippen molar-refractivity contribution >= 4 is 11.6 Å². The average Bonchev–Trinajstić information content (AvgIpc) is 3.41. The highest BCUT2D eigenvalue weighted by Crippen LogP contribution is 2.40. The van der Waals surface area contributed by atoms with Gasteiger partial charge in [-0.1, -0.05) is 0 Å². The molecule has 1 aromatic carbocycles. The third-order valence-corrected chi connectivity index (χ3v) is 6.15. The molecule has 1 saturated heterocycles. The zero-order valence-electron chi connectivity index (χ0n) is 16.9. The van der Waals surface area contributed by atoms with E-state index in [2.05, 4.69) is 15.3 Å². The maximum absolute atomic E-state index is 12.4. The lowest BCUT2D eigenvalue weighted by Gasteiger charge is -2.35. The van der Waals surface area contributed by atoms with E-state index in [1.807, 2.05) is 25.2 Å². The van der Waals surface area contributed by atoms with E-state index in [1.54, 1.807) is 17.1 Å². The second kappa shape index (κ2) is 7.81. The van der Waals surface area contributed by atoms with Gasteiger partial charge in [0.25, 0.3) is 0 Å². The second-order valence-electron chi connectivity index (χ2n) is 8.38. The molecule has 3 aliphatic rings. The van der Waals surface area contributed by atoms with Crippen LogP contribution in [-0.2, 0) is 11.8 Å². The largest absolute Gasteiger partial charge is 0.488 e. The van der Waals surface area contributed by atoms with Gasteiger partial charge in [0, 0.05) is 32.4 Å². The third kappa shape index (κ3) is 3.95. The van der Waals surface area contributed by atoms with Crippen LogP contribution in [0.15, 0.2) is 30.6 Å². The second-order valence-corrected chi connectivity index (χ2v) is 8.38. The number of aryl methyl sites for hydroxylation is 1. The molecule has 160 valence electrons. The Morgan fingerprint density at radius 3 is 2.87 bits per heavy atom. The molecule has 2 fully saturated rings. The number of nitrogens with one attached hydrogen (secondary N) is 1. The number of ether oxygens (including phenoxy) is 3. The van der Waals surface area contributed by atoms with Gasteiger partial charge in [-0.2, -0.15) is 5.10 Å². The number of anilines is 1. The lowest BCUT2D eigenvalue weighted by atomic mass is 9.78. The van der Waals surface area contributed by atoms with Crippen molar-refractivity contribution in [1.29, 1.82) is 0 Å². The van der Waals surface area contributed by atoms with Crippen LogP contribution in [0.2, 0.25) is 0 Å². The van der Waals surface area contributed by atoms with E-state index in [-0.39, 0.29) is 18.8 Å². The first-order valence-corrected chi connectivity index (χ1v) is 10.3. The van der Waals surface area contributed by atoms with Crippen LogP contribution in [0.5, 0.6) is 17.2 Å². The molecule has 0 bridgehead atoms. The van der Waals surface area contributed by atoms with Crippen LogP contribution in [0.3, 0.4) is 0 Å². The highest BCUT2D eigenvalue weighted by atomic mass is 16.7. The normalized spacial score (nSPS) is 27.7. The molecule has 1 amide bonds. The van der Waals surface area contributed by atoms with Crippen molar-refractivity contribution in [2.75, 3.05) is 31.7 Å². The zero-order valence-corrected chi connectivity index (χ0v) is 16.9. The predicted molar refractivity (Wildman–Crippen MR) is 107 cm³/mol. The number of likely N-dealkylation sites (tertiary alicyclic amines) is 1. The molecule has 30 heavy (non-hydrogen) atoms. The minimum atomic E-state index is -0.527. The Morgan fingerprint density at radius 2 is 2.07 bits per heavy atom. The lowest BCUT2D eigenvalue weighted by molar-refractivity contribution is -0.117. The molecular weight excluding hydrogens is 388 g/mol. The van der Waals surface area contributed by atoms with E-state index < -0.39 is 6.10 Å². The molecule has 2 aliphatic heterocycles. The van der Waals surface area contributed by atoms with E-state index in [9.17, 15) is 9.90 Å². The lowest BCUT2D eigenvalue weighted by Crippen LogP contribution is -2.42. The van der Waals surface area contributed by atoms with Crippen LogP contribution >= 0.6 is 0 Å². The van der Waals surface area contributed by atoms with Crippen molar-refractivity contribution in [3.8, 4) is 17.2 Å². The van der Waals surface area contributed by atoms with Crippen molar-refractivity contribution in [1.82, 2.24) is 14.7 Å². The van der Waals surface area contributed by atoms with E-state index in [4.69, 9.17) is 14.2 Å². The average molecular weight is 414 g/mol. The van der Waals surface area contributed by atoms with Gasteiger partial charge in [-0.05, 0) is 36.8 Å². The number of carbonyl (C=O) groups excluding carboxylic acids is 1. The van der Waals surface area contributed by atoms with E-state index in [1.165, 1.54) is 0 Å². The summed E-state index contributed by atoms with van der Waals surface area (Å²) in [5.41, 5.74) is 0.701. The first kappa shape index (κ1) is 19.2. The van der Waals surface area contributed by atoms with E-state index >= 15 is 0 Å². The number of carbonyl (C=O) groups is 1. The number of aromatic nitrogens is 2. The van der Waals surface area contributed by atoms with E-state index in [0.717, 1.165) is 19.5 Å². The molecular formula is C21H26N4O5. The van der Waals surface area contributed by atoms with E-state index in [0.29, 0.717) is 47.7 Å². The smallest absolute Gasteiger partial charge is 0.238 e. The number of benzene rings is 1. The van der Waals surface area contributed by atoms with Gasteiger partial charge in [0.05, 0.1) is 24.5 Å². The number of aliphatic hydroxyl groups excluding tert-OH is 1. The van der Waals surface area contributed by atoms with Crippen molar-refractivity contribution in [3.63, 3.8) is 0 Å². The summed E-state index contributed by atoms with van der Waals surface area (Å²) < 4.78 is 18.5. The minimum Gasteiger partial charge on any atom is -0.488 e. The van der Waals surface area contributed by atoms with Gasteiger partial charge in [0.15, 0.2) is 11.5 Å². The van der Waals surface area contributed by atoms with Gasteiger partial charge in [-0.3, -0.25) is 14.4 Å². The molecule has 0 radical (unpaired) electrons. The highest BCUT2D eigenvalue weighted by Gasteiger charge is 2.43. The summed E-state index contributed by atoms with van der Waals surface area (Å²) in [6.07, 6.45) is 4.06. The molecule has 9 heteroatoms. The number of hydrogen-bond acceptors (Lipinski definition) is 7. The Balaban J connectivity index is 1.16. The summed E-state index contributed by atoms with van der Waals surface area (Å²) in [5.74, 6) is 2.79. The summed E-state index contributed by atoms with van der Waals surface area (Å²) in [7, 11) is 1.81. The summed E-state index contributed by atoms with van der Waals surface area (Å²) in [6, 6.07) is 5.48. The first-order chi connectivity index (χ1) is 14.5. The van der Waals surface area contributed by atoms with Crippen LogP contribution in [0.4, 0.5) is 5.69 Å². The van der Waals surface area contributed by atoms with Crippen molar-refractivity contribution in [3.05, 3.63) is 30.6 Å². The third-order valence-electron chi connectivity index (χ3n) is 6.15. The minimum absolute atomic E-state index is 0.0460. The Morgan fingerprint density at radius 1 is 1.27 bits per heavy atom. The van der Waals surface area contributed by atoms with Crippen LogP contribution in [-0.4, -0.2) is 64.3 Å². The standard InChI is InChI=1S/C21H26N4O5/c1-24-10-15(7-22-24)23-21(27)11-25-8-13-4-17(26)19(5-14(13)9-25)30-16-2-3-18-20(6-16)29-12-28-18/h2-3,6-7,10,13-14,17,19,26H,4-5,8-9,11-12H2,1H3,(H,23,27)/t13-,14+,17+,19+/m0/s1. The number of fused-ring (bicyclic) bond motifs is 2. The molecule has 1 aromatic heterocycles. The number of hydrogen-bond donors (Lipinski definition) is 2. The Bertz CT molecular complexity index is 932. The Kier molecular flexibility index (Phi) is 5.00. The van der Waals surface area contributed by atoms with Gasteiger partial charge in [0.1, 0.15) is 11.9 Å². The Hall–Kier alpha value is -2.78. The van der Waals surface area contributed by atoms with Crippen LogP contribution in [0.1, 0.15) is 12.8 Å². The molecule has 5 rings (SSSR count). The van der Waals surface area contributed by atoms with Gasteiger partial charge in [-0.25, -0.2) is 0 Å². The number of nitrogens with zero attached hydrogens (tertiary/aromatic N) is 3. The molecule has 0 spiro atoms. The molecule has 1 saturated carbocycles. The molecule has 2 aromatic rings. The Labute approximate surface area is 174 Å². The quantitative estimate of drug-likeness (QED) is 0.760. The van der Waals surface area contributed by atoms with Gasteiger partial charge in [0.2, 0.25) is 12.7 Å². The molecule has 4 atom stereocenters. The van der Waals surface area contributed by atoms with Crippen molar-refractivity contribution < 1.29 is 24.1 Å². The van der Waals surface area contributed by atoms with Crippen LogP contribution in [0, 0.1) is 11.8 Å². The van der Waals surface area contributed by atoms with Crippen molar-refractivity contribution in [2.45, 2.75) is 25.0 Å². The van der Waals surface area contributed by atoms with Gasteiger partial charge >= 0.3 is 0 Å². The maximum Gasteiger partial charge on any atom is 0.238 e. The zero-order chi connectivity index (χ0) is 20.7. The fraction of sp³-hybridized carbons (Fsp3) is 0.524. The molecule has 0 unspecified atom stereocenters. The van der Waals surface area contributed by atoms with Crippen LogP contribution in [0.25, 0.3) is 0 Å². The topological polar surface area (TPSA) is 98.1 Å². The summed E-state index contributed by atoms with van der Waals surface area (Å²) >= 11 is 0.